The third-order valence-electron chi connectivity index (χ3n) is 3.84. The van der Waals surface area contributed by atoms with Gasteiger partial charge in [0.2, 0.25) is 0 Å². The number of rotatable bonds is 5. The van der Waals surface area contributed by atoms with Gasteiger partial charge in [-0.2, -0.15) is 0 Å². The van der Waals surface area contributed by atoms with Crippen LogP contribution < -0.4 is 10.5 Å². The third-order valence-corrected chi connectivity index (χ3v) is 4.20. The Hall–Kier alpha value is -2.40. The van der Waals surface area contributed by atoms with Crippen LogP contribution in [0.1, 0.15) is 25.5 Å². The maximum Gasteiger partial charge on any atom is 0.137 e. The molecule has 1 atom stereocenters. The van der Waals surface area contributed by atoms with Gasteiger partial charge in [-0.25, -0.2) is 4.98 Å². The fourth-order valence-corrected chi connectivity index (χ4v) is 2.76. The summed E-state index contributed by atoms with van der Waals surface area (Å²) in [6.07, 6.45) is 1.99. The highest BCUT2D eigenvalue weighted by Crippen LogP contribution is 2.31. The van der Waals surface area contributed by atoms with Gasteiger partial charge in [-0.1, -0.05) is 25.2 Å². The topological polar surface area (TPSA) is 52.5 Å². The lowest BCUT2D eigenvalue weighted by molar-refractivity contribution is 0.340. The Labute approximate surface area is 140 Å². The number of aromatic nitrogens is 2. The first-order chi connectivity index (χ1) is 11.1. The quantitative estimate of drug-likeness (QED) is 0.725. The molecule has 3 rings (SSSR count). The SMILES string of the molecule is CCOc1ccc(-c2nc3ccccn3c2C(C)C(N)=S)cc1. The second-order valence-electron chi connectivity index (χ2n) is 5.36. The monoisotopic (exact) mass is 325 g/mol. The molecule has 0 aliphatic heterocycles. The predicted molar refractivity (Wildman–Crippen MR) is 97.0 cm³/mol. The fraction of sp³-hybridized carbons (Fsp3) is 0.222. The first-order valence-corrected chi connectivity index (χ1v) is 8.02. The second-order valence-corrected chi connectivity index (χ2v) is 5.83. The standard InChI is InChI=1S/C18H19N3OS/c1-3-22-14-9-7-13(8-10-14)16-17(12(2)18(19)23)21-11-5-4-6-15(21)20-16/h4-12H,3H2,1-2H3,(H2,19,23). The van der Waals surface area contributed by atoms with Crippen LogP contribution in [0.4, 0.5) is 0 Å². The number of thiocarbonyl (C=S) groups is 1. The normalized spacial score (nSPS) is 12.3. The molecule has 1 unspecified atom stereocenters. The predicted octanol–water partition coefficient (Wildman–Crippen LogP) is 3.79. The van der Waals surface area contributed by atoms with Crippen molar-refractivity contribution in [1.82, 2.24) is 9.38 Å². The first kappa shape index (κ1) is 15.5. The number of pyridine rings is 1. The van der Waals surface area contributed by atoms with E-state index in [2.05, 4.69) is 4.40 Å². The van der Waals surface area contributed by atoms with Crippen molar-refractivity contribution < 1.29 is 4.74 Å². The van der Waals surface area contributed by atoms with Crippen LogP contribution in [0.2, 0.25) is 0 Å². The van der Waals surface area contributed by atoms with E-state index in [0.29, 0.717) is 11.6 Å². The Morgan fingerprint density at radius 3 is 2.65 bits per heavy atom. The van der Waals surface area contributed by atoms with E-state index < -0.39 is 0 Å². The molecule has 23 heavy (non-hydrogen) atoms. The van der Waals surface area contributed by atoms with Crippen molar-refractivity contribution in [3.63, 3.8) is 0 Å². The first-order valence-electron chi connectivity index (χ1n) is 7.61. The molecule has 4 nitrogen and oxygen atoms in total. The Bertz CT molecular complexity index is 839. The summed E-state index contributed by atoms with van der Waals surface area (Å²) in [6, 6.07) is 13.9. The van der Waals surface area contributed by atoms with E-state index in [0.717, 1.165) is 28.3 Å². The van der Waals surface area contributed by atoms with Gasteiger partial charge in [-0.05, 0) is 43.3 Å². The average Bonchev–Trinajstić information content (AvgIpc) is 2.94. The summed E-state index contributed by atoms with van der Waals surface area (Å²) in [7, 11) is 0. The zero-order valence-electron chi connectivity index (χ0n) is 13.2. The van der Waals surface area contributed by atoms with Crippen molar-refractivity contribution in [2.75, 3.05) is 6.61 Å². The van der Waals surface area contributed by atoms with E-state index in [1.807, 2.05) is 62.5 Å². The number of benzene rings is 1. The van der Waals surface area contributed by atoms with Crippen LogP contribution in [-0.2, 0) is 0 Å². The van der Waals surface area contributed by atoms with Crippen LogP contribution in [0.25, 0.3) is 16.9 Å². The molecular weight excluding hydrogens is 306 g/mol. The maximum absolute atomic E-state index is 5.90. The molecule has 1 aromatic carbocycles. The summed E-state index contributed by atoms with van der Waals surface area (Å²) in [5.74, 6) is 0.785. The van der Waals surface area contributed by atoms with Crippen molar-refractivity contribution in [3.05, 3.63) is 54.4 Å². The van der Waals surface area contributed by atoms with Crippen molar-refractivity contribution >= 4 is 22.9 Å². The van der Waals surface area contributed by atoms with Crippen molar-refractivity contribution in [3.8, 4) is 17.0 Å². The zero-order valence-corrected chi connectivity index (χ0v) is 14.0. The van der Waals surface area contributed by atoms with Crippen LogP contribution in [0.5, 0.6) is 5.75 Å². The summed E-state index contributed by atoms with van der Waals surface area (Å²) in [5, 5.41) is 0. The van der Waals surface area contributed by atoms with E-state index >= 15 is 0 Å². The molecule has 0 fully saturated rings. The highest BCUT2D eigenvalue weighted by Gasteiger charge is 2.21. The second kappa shape index (κ2) is 6.38. The summed E-state index contributed by atoms with van der Waals surface area (Å²) >= 11 is 5.21. The number of fused-ring (bicyclic) bond motifs is 1. The number of nitrogens with two attached hydrogens (primary N) is 1. The molecule has 0 amide bonds. The van der Waals surface area contributed by atoms with Gasteiger partial charge in [-0.3, -0.25) is 0 Å². The minimum absolute atomic E-state index is 0.0658. The fourth-order valence-electron chi connectivity index (χ4n) is 2.65. The molecule has 0 bridgehead atoms. The lowest BCUT2D eigenvalue weighted by Crippen LogP contribution is -2.18. The van der Waals surface area contributed by atoms with Gasteiger partial charge in [0, 0.05) is 17.7 Å². The van der Waals surface area contributed by atoms with E-state index in [4.69, 9.17) is 27.7 Å². The third kappa shape index (κ3) is 2.92. The lowest BCUT2D eigenvalue weighted by Gasteiger charge is -2.12. The highest BCUT2D eigenvalue weighted by atomic mass is 32.1. The summed E-state index contributed by atoms with van der Waals surface area (Å²) in [5.41, 5.74) is 9.72. The number of hydrogen-bond acceptors (Lipinski definition) is 3. The van der Waals surface area contributed by atoms with Gasteiger partial charge < -0.3 is 14.9 Å². The summed E-state index contributed by atoms with van der Waals surface area (Å²) in [4.78, 5) is 5.23. The van der Waals surface area contributed by atoms with Gasteiger partial charge in [0.25, 0.3) is 0 Å². The van der Waals surface area contributed by atoms with Crippen LogP contribution in [-0.4, -0.2) is 21.0 Å². The molecular formula is C18H19N3OS. The van der Waals surface area contributed by atoms with Gasteiger partial charge in [-0.15, -0.1) is 0 Å². The Morgan fingerprint density at radius 1 is 1.26 bits per heavy atom. The van der Waals surface area contributed by atoms with E-state index in [1.54, 1.807) is 0 Å². The molecule has 0 aliphatic rings. The molecule has 3 aromatic rings. The molecule has 0 radical (unpaired) electrons. The Balaban J connectivity index is 2.16. The summed E-state index contributed by atoms with van der Waals surface area (Å²) < 4.78 is 7.56. The Kier molecular flexibility index (Phi) is 4.30. The van der Waals surface area contributed by atoms with E-state index in [1.165, 1.54) is 0 Å². The minimum atomic E-state index is -0.0658. The largest absolute Gasteiger partial charge is 0.494 e. The number of ether oxygens (including phenoxy) is 1. The minimum Gasteiger partial charge on any atom is -0.494 e. The van der Waals surface area contributed by atoms with Crippen LogP contribution in [0.3, 0.4) is 0 Å². The molecule has 5 heteroatoms. The molecule has 2 N–H and O–H groups in total. The maximum atomic E-state index is 5.90. The molecule has 0 saturated heterocycles. The van der Waals surface area contributed by atoms with Crippen LogP contribution >= 0.6 is 12.2 Å². The smallest absolute Gasteiger partial charge is 0.137 e. The lowest BCUT2D eigenvalue weighted by atomic mass is 10.0. The molecule has 2 aromatic heterocycles. The number of imidazole rings is 1. The van der Waals surface area contributed by atoms with Gasteiger partial charge in [0.05, 0.1) is 23.0 Å². The molecule has 2 heterocycles. The van der Waals surface area contributed by atoms with Gasteiger partial charge >= 0.3 is 0 Å². The van der Waals surface area contributed by atoms with E-state index in [9.17, 15) is 0 Å². The molecule has 118 valence electrons. The van der Waals surface area contributed by atoms with Crippen molar-refractivity contribution in [2.45, 2.75) is 19.8 Å². The molecule has 0 saturated carbocycles. The number of nitrogens with zero attached hydrogens (tertiary/aromatic N) is 2. The molecule has 0 spiro atoms. The molecule has 0 aliphatic carbocycles. The highest BCUT2D eigenvalue weighted by molar-refractivity contribution is 7.80. The van der Waals surface area contributed by atoms with Crippen LogP contribution in [0.15, 0.2) is 48.7 Å². The van der Waals surface area contributed by atoms with Crippen LogP contribution in [0, 0.1) is 0 Å². The summed E-state index contributed by atoms with van der Waals surface area (Å²) in [6.45, 7) is 4.63. The average molecular weight is 325 g/mol. The number of hydrogen-bond donors (Lipinski definition) is 1. The van der Waals surface area contributed by atoms with Gasteiger partial charge in [0.1, 0.15) is 11.4 Å². The van der Waals surface area contributed by atoms with Gasteiger partial charge in [0.15, 0.2) is 0 Å². The van der Waals surface area contributed by atoms with Crippen molar-refractivity contribution in [2.24, 2.45) is 5.73 Å². The van der Waals surface area contributed by atoms with E-state index in [-0.39, 0.29) is 5.92 Å². The van der Waals surface area contributed by atoms with Crippen molar-refractivity contribution in [1.29, 1.82) is 0 Å². The Morgan fingerprint density at radius 2 is 2.00 bits per heavy atom. The zero-order chi connectivity index (χ0) is 16.4.